The van der Waals surface area contributed by atoms with E-state index in [9.17, 15) is 22.8 Å². The minimum absolute atomic E-state index is 0.00319. The predicted octanol–water partition coefficient (Wildman–Crippen LogP) is 3.31. The maximum absolute atomic E-state index is 13.1. The Morgan fingerprint density at radius 1 is 1.07 bits per heavy atom. The topological polar surface area (TPSA) is 61.4 Å². The molecule has 8 heteroatoms. The number of benzene rings is 2. The third-order valence-electron chi connectivity index (χ3n) is 6.00. The smallest absolute Gasteiger partial charge is 0.351 e. The van der Waals surface area contributed by atoms with E-state index in [0.29, 0.717) is 25.9 Å². The van der Waals surface area contributed by atoms with E-state index in [2.05, 4.69) is 10.6 Å². The van der Waals surface area contributed by atoms with Crippen molar-refractivity contribution in [1.29, 1.82) is 0 Å². The number of anilines is 1. The van der Waals surface area contributed by atoms with E-state index < -0.39 is 17.2 Å². The molecule has 2 aromatic rings. The molecule has 0 aliphatic carbocycles. The highest BCUT2D eigenvalue weighted by molar-refractivity contribution is 6.06. The van der Waals surface area contributed by atoms with Crippen LogP contribution in [0.4, 0.5) is 18.9 Å². The van der Waals surface area contributed by atoms with Crippen molar-refractivity contribution in [3.8, 4) is 0 Å². The summed E-state index contributed by atoms with van der Waals surface area (Å²) < 4.78 is 39.2. The number of nitrogens with zero attached hydrogens (tertiary/aromatic N) is 1. The fraction of sp³-hybridized carbons (Fsp3) is 0.364. The summed E-state index contributed by atoms with van der Waals surface area (Å²) in [4.78, 5) is 26.9. The van der Waals surface area contributed by atoms with Gasteiger partial charge in [-0.3, -0.25) is 14.5 Å². The number of para-hydroxylation sites is 1. The number of carbonyl (C=O) groups excluding carboxylic acids is 2. The highest BCUT2D eigenvalue weighted by atomic mass is 19.4. The van der Waals surface area contributed by atoms with Crippen LogP contribution in [0.3, 0.4) is 0 Å². The molecule has 5 nitrogen and oxygen atoms in total. The number of carbonyl (C=O) groups is 2. The van der Waals surface area contributed by atoms with Gasteiger partial charge in [0.25, 0.3) is 0 Å². The number of alkyl halides is 3. The molecule has 1 saturated heterocycles. The normalized spacial score (nSPS) is 18.2. The molecule has 2 amide bonds. The summed E-state index contributed by atoms with van der Waals surface area (Å²) in [6, 6.07) is 12.9. The molecule has 2 heterocycles. The lowest BCUT2D eigenvalue weighted by Gasteiger charge is -2.37. The molecular weight excluding hydrogens is 395 g/mol. The molecule has 0 unspecified atom stereocenters. The van der Waals surface area contributed by atoms with Crippen LogP contribution >= 0.6 is 0 Å². The van der Waals surface area contributed by atoms with Crippen molar-refractivity contribution in [3.63, 3.8) is 0 Å². The fourth-order valence-electron chi connectivity index (χ4n) is 4.37. The lowest BCUT2D eigenvalue weighted by molar-refractivity contribution is -0.138. The standard InChI is InChI=1S/C22H22F3N3O2/c23-22(24,25)16-6-2-1-5-15(16)13-26-19(29)14-28-11-9-21(10-12-28)17-7-3-4-8-18(17)27-20(21)30/h1-8H,9-14H2,(H,26,29)(H,27,30). The molecule has 1 spiro atoms. The zero-order chi connectivity index (χ0) is 21.4. The van der Waals surface area contributed by atoms with E-state index in [1.165, 1.54) is 18.2 Å². The third kappa shape index (κ3) is 3.79. The summed E-state index contributed by atoms with van der Waals surface area (Å²) in [7, 11) is 0. The van der Waals surface area contributed by atoms with Crippen LogP contribution in [0.25, 0.3) is 0 Å². The summed E-state index contributed by atoms with van der Waals surface area (Å²) in [5.74, 6) is -0.337. The molecule has 0 bridgehead atoms. The Labute approximate surface area is 172 Å². The van der Waals surface area contributed by atoms with Crippen molar-refractivity contribution in [2.24, 2.45) is 0 Å². The first kappa shape index (κ1) is 20.4. The Kier molecular flexibility index (Phi) is 5.27. The lowest BCUT2D eigenvalue weighted by atomic mass is 9.73. The first-order valence-corrected chi connectivity index (χ1v) is 9.85. The summed E-state index contributed by atoms with van der Waals surface area (Å²) in [6.07, 6.45) is -3.26. The lowest BCUT2D eigenvalue weighted by Crippen LogP contribution is -2.48. The molecule has 1 fully saturated rings. The molecule has 0 aromatic heterocycles. The molecule has 2 aromatic carbocycles. The number of rotatable bonds is 4. The molecule has 4 rings (SSSR count). The van der Waals surface area contributed by atoms with Gasteiger partial charge in [-0.1, -0.05) is 36.4 Å². The van der Waals surface area contributed by atoms with Crippen LogP contribution in [-0.4, -0.2) is 36.3 Å². The quantitative estimate of drug-likeness (QED) is 0.803. The number of hydrogen-bond donors (Lipinski definition) is 2. The van der Waals surface area contributed by atoms with Gasteiger partial charge in [0.15, 0.2) is 0 Å². The van der Waals surface area contributed by atoms with E-state index in [1.54, 1.807) is 0 Å². The number of likely N-dealkylation sites (tertiary alicyclic amines) is 1. The van der Waals surface area contributed by atoms with Gasteiger partial charge < -0.3 is 10.6 Å². The van der Waals surface area contributed by atoms with Crippen molar-refractivity contribution >= 4 is 17.5 Å². The van der Waals surface area contributed by atoms with Gasteiger partial charge >= 0.3 is 6.18 Å². The van der Waals surface area contributed by atoms with E-state index in [4.69, 9.17) is 0 Å². The Hall–Kier alpha value is -2.87. The molecule has 30 heavy (non-hydrogen) atoms. The van der Waals surface area contributed by atoms with Gasteiger partial charge in [-0.05, 0) is 36.1 Å². The zero-order valence-corrected chi connectivity index (χ0v) is 16.3. The molecule has 2 aliphatic rings. The maximum atomic E-state index is 13.1. The van der Waals surface area contributed by atoms with Crippen molar-refractivity contribution in [2.45, 2.75) is 31.0 Å². The summed E-state index contributed by atoms with van der Waals surface area (Å²) in [5, 5.41) is 5.53. The van der Waals surface area contributed by atoms with Gasteiger partial charge in [0, 0.05) is 25.3 Å². The first-order chi connectivity index (χ1) is 14.3. The first-order valence-electron chi connectivity index (χ1n) is 9.85. The Morgan fingerprint density at radius 2 is 1.73 bits per heavy atom. The van der Waals surface area contributed by atoms with Crippen molar-refractivity contribution in [3.05, 3.63) is 65.2 Å². The maximum Gasteiger partial charge on any atom is 0.416 e. The summed E-state index contributed by atoms with van der Waals surface area (Å²) in [6.45, 7) is 1.04. The monoisotopic (exact) mass is 417 g/mol. The van der Waals surface area contributed by atoms with Crippen LogP contribution in [0.15, 0.2) is 48.5 Å². The summed E-state index contributed by atoms with van der Waals surface area (Å²) in [5.41, 5.74) is 0.584. The molecule has 158 valence electrons. The highest BCUT2D eigenvalue weighted by Gasteiger charge is 2.48. The molecule has 2 aliphatic heterocycles. The van der Waals surface area contributed by atoms with Crippen LogP contribution in [0, 0.1) is 0 Å². The second kappa shape index (κ2) is 7.75. The van der Waals surface area contributed by atoms with Gasteiger partial charge in [0.2, 0.25) is 11.8 Å². The van der Waals surface area contributed by atoms with Gasteiger partial charge in [0.1, 0.15) is 0 Å². The minimum Gasteiger partial charge on any atom is -0.351 e. The van der Waals surface area contributed by atoms with E-state index in [0.717, 1.165) is 17.3 Å². The average Bonchev–Trinajstić information content (AvgIpc) is 2.99. The minimum atomic E-state index is -4.46. The Bertz CT molecular complexity index is 966. The van der Waals surface area contributed by atoms with E-state index in [1.807, 2.05) is 29.2 Å². The third-order valence-corrected chi connectivity index (χ3v) is 6.00. The van der Waals surface area contributed by atoms with Crippen molar-refractivity contribution in [1.82, 2.24) is 10.2 Å². The highest BCUT2D eigenvalue weighted by Crippen LogP contribution is 2.44. The van der Waals surface area contributed by atoms with Crippen LogP contribution in [0.2, 0.25) is 0 Å². The zero-order valence-electron chi connectivity index (χ0n) is 16.3. The average molecular weight is 417 g/mol. The number of nitrogens with one attached hydrogen (secondary N) is 2. The van der Waals surface area contributed by atoms with Gasteiger partial charge in [-0.15, -0.1) is 0 Å². The SMILES string of the molecule is O=C(CN1CCC2(CC1)C(=O)Nc1ccccc12)NCc1ccccc1C(F)(F)F. The largest absolute Gasteiger partial charge is 0.416 e. The molecule has 0 saturated carbocycles. The second-order valence-electron chi connectivity index (χ2n) is 7.79. The molecule has 2 N–H and O–H groups in total. The fourth-order valence-corrected chi connectivity index (χ4v) is 4.37. The Balaban J connectivity index is 1.33. The van der Waals surface area contributed by atoms with Gasteiger partial charge in [-0.2, -0.15) is 13.2 Å². The van der Waals surface area contributed by atoms with E-state index in [-0.39, 0.29) is 30.5 Å². The van der Waals surface area contributed by atoms with Crippen molar-refractivity contribution < 1.29 is 22.8 Å². The predicted molar refractivity (Wildman–Crippen MR) is 106 cm³/mol. The van der Waals surface area contributed by atoms with Crippen LogP contribution in [-0.2, 0) is 27.7 Å². The van der Waals surface area contributed by atoms with Gasteiger partial charge in [0.05, 0.1) is 17.5 Å². The van der Waals surface area contributed by atoms with E-state index >= 15 is 0 Å². The molecule has 0 radical (unpaired) electrons. The number of fused-ring (bicyclic) bond motifs is 2. The summed E-state index contributed by atoms with van der Waals surface area (Å²) >= 11 is 0. The molecular formula is C22H22F3N3O2. The van der Waals surface area contributed by atoms with Crippen molar-refractivity contribution in [2.75, 3.05) is 25.0 Å². The second-order valence-corrected chi connectivity index (χ2v) is 7.79. The molecule has 0 atom stereocenters. The van der Waals surface area contributed by atoms with Crippen LogP contribution in [0.1, 0.15) is 29.5 Å². The van der Waals surface area contributed by atoms with Crippen LogP contribution in [0.5, 0.6) is 0 Å². The Morgan fingerprint density at radius 3 is 2.47 bits per heavy atom. The number of hydrogen-bond acceptors (Lipinski definition) is 3. The number of halogens is 3. The van der Waals surface area contributed by atoms with Crippen LogP contribution < -0.4 is 10.6 Å². The number of amides is 2. The van der Waals surface area contributed by atoms with Gasteiger partial charge in [-0.25, -0.2) is 0 Å². The number of piperidine rings is 1.